The molecule has 36 heavy (non-hydrogen) atoms. The van der Waals surface area contributed by atoms with E-state index in [0.717, 1.165) is 19.5 Å². The van der Waals surface area contributed by atoms with Crippen LogP contribution >= 0.6 is 0 Å². The van der Waals surface area contributed by atoms with Gasteiger partial charge in [0.15, 0.2) is 0 Å². The highest BCUT2D eigenvalue weighted by Gasteiger charge is 2.47. The predicted octanol–water partition coefficient (Wildman–Crippen LogP) is 3.63. The Morgan fingerprint density at radius 2 is 1.72 bits per heavy atom. The molecule has 2 aromatic rings. The van der Waals surface area contributed by atoms with E-state index >= 15 is 0 Å². The fourth-order valence-corrected chi connectivity index (χ4v) is 4.59. The number of aliphatic hydroxyl groups excluding tert-OH is 1. The Morgan fingerprint density at radius 1 is 1.00 bits per heavy atom. The van der Waals surface area contributed by atoms with Gasteiger partial charge in [0.05, 0.1) is 38.0 Å². The van der Waals surface area contributed by atoms with Crippen LogP contribution in [0.3, 0.4) is 0 Å². The maximum Gasteiger partial charge on any atom is 0.295 e. The minimum Gasteiger partial charge on any atom is -0.507 e. The van der Waals surface area contributed by atoms with E-state index in [4.69, 9.17) is 14.2 Å². The van der Waals surface area contributed by atoms with Crippen LogP contribution in [0, 0.1) is 0 Å². The van der Waals surface area contributed by atoms with Crippen molar-refractivity contribution in [2.45, 2.75) is 26.3 Å². The number of carbonyl (C=O) groups is 2. The standard InChI is InChI=1S/C28H34N2O6/c1-3-17-36-21-11-9-20(10-12-21)26(31)24-25(22-7-5-6-8-23(22)35-4-2)30(28(33)27(24)32)14-13-29-15-18-34-19-16-29/h5-12,25,31H,3-4,13-19H2,1-2H3/b26-24+. The number of hydrogen-bond donors (Lipinski definition) is 1. The molecule has 0 radical (unpaired) electrons. The van der Waals surface area contributed by atoms with Crippen LogP contribution in [0.5, 0.6) is 11.5 Å². The first kappa shape index (κ1) is 25.7. The van der Waals surface area contributed by atoms with Crippen molar-refractivity contribution in [2.75, 3.05) is 52.6 Å². The van der Waals surface area contributed by atoms with Gasteiger partial charge in [0.2, 0.25) is 0 Å². The van der Waals surface area contributed by atoms with E-state index in [1.807, 2.05) is 38.1 Å². The molecule has 2 aromatic carbocycles. The summed E-state index contributed by atoms with van der Waals surface area (Å²) in [6, 6.07) is 13.5. The van der Waals surface area contributed by atoms with Gasteiger partial charge < -0.3 is 24.2 Å². The molecule has 0 spiro atoms. The molecule has 2 aliphatic heterocycles. The van der Waals surface area contributed by atoms with Crippen molar-refractivity contribution in [1.82, 2.24) is 9.80 Å². The Balaban J connectivity index is 1.73. The first-order valence-corrected chi connectivity index (χ1v) is 12.6. The van der Waals surface area contributed by atoms with Crippen molar-refractivity contribution in [3.05, 3.63) is 65.2 Å². The maximum atomic E-state index is 13.3. The lowest BCUT2D eigenvalue weighted by Crippen LogP contribution is -2.42. The third-order valence-electron chi connectivity index (χ3n) is 6.41. The summed E-state index contributed by atoms with van der Waals surface area (Å²) in [6.07, 6.45) is 0.884. The first-order valence-electron chi connectivity index (χ1n) is 12.6. The number of carbonyl (C=O) groups excluding carboxylic acids is 2. The van der Waals surface area contributed by atoms with Crippen molar-refractivity contribution in [1.29, 1.82) is 0 Å². The summed E-state index contributed by atoms with van der Waals surface area (Å²) in [4.78, 5) is 30.4. The number of ether oxygens (including phenoxy) is 3. The summed E-state index contributed by atoms with van der Waals surface area (Å²) >= 11 is 0. The maximum absolute atomic E-state index is 13.3. The lowest BCUT2D eigenvalue weighted by molar-refractivity contribution is -0.140. The van der Waals surface area contributed by atoms with Crippen LogP contribution in [0.1, 0.15) is 37.4 Å². The molecule has 1 N–H and O–H groups in total. The van der Waals surface area contributed by atoms with E-state index in [2.05, 4.69) is 4.90 Å². The monoisotopic (exact) mass is 494 g/mol. The van der Waals surface area contributed by atoms with Gasteiger partial charge in [-0.25, -0.2) is 0 Å². The summed E-state index contributed by atoms with van der Waals surface area (Å²) in [5, 5.41) is 11.3. The van der Waals surface area contributed by atoms with Gasteiger partial charge in [-0.05, 0) is 43.7 Å². The fourth-order valence-electron chi connectivity index (χ4n) is 4.59. The number of para-hydroxylation sites is 1. The van der Waals surface area contributed by atoms with Crippen LogP contribution in [-0.2, 0) is 14.3 Å². The summed E-state index contributed by atoms with van der Waals surface area (Å²) in [7, 11) is 0. The fraction of sp³-hybridized carbons (Fsp3) is 0.429. The van der Waals surface area contributed by atoms with E-state index in [1.165, 1.54) is 0 Å². The molecule has 0 aliphatic carbocycles. The normalized spacial score (nSPS) is 20.1. The smallest absolute Gasteiger partial charge is 0.295 e. The molecule has 2 saturated heterocycles. The molecule has 1 amide bonds. The molecule has 2 fully saturated rings. The van der Waals surface area contributed by atoms with Crippen LogP contribution in [0.25, 0.3) is 5.76 Å². The van der Waals surface area contributed by atoms with Crippen molar-refractivity contribution < 1.29 is 28.9 Å². The summed E-state index contributed by atoms with van der Waals surface area (Å²) in [5.41, 5.74) is 1.19. The van der Waals surface area contributed by atoms with Gasteiger partial charge in [-0.15, -0.1) is 0 Å². The van der Waals surface area contributed by atoms with Crippen LogP contribution in [0.15, 0.2) is 54.1 Å². The van der Waals surface area contributed by atoms with Crippen molar-refractivity contribution in [2.24, 2.45) is 0 Å². The number of rotatable bonds is 10. The molecular weight excluding hydrogens is 460 g/mol. The zero-order valence-electron chi connectivity index (χ0n) is 20.9. The van der Waals surface area contributed by atoms with E-state index in [1.54, 1.807) is 29.2 Å². The largest absolute Gasteiger partial charge is 0.507 e. The Hall–Kier alpha value is -3.36. The molecule has 2 aliphatic rings. The minimum absolute atomic E-state index is 0.0661. The van der Waals surface area contributed by atoms with E-state index in [0.29, 0.717) is 62.1 Å². The highest BCUT2D eigenvalue weighted by molar-refractivity contribution is 6.46. The molecule has 1 unspecified atom stereocenters. The highest BCUT2D eigenvalue weighted by Crippen LogP contribution is 2.42. The van der Waals surface area contributed by atoms with Crippen LogP contribution in [-0.4, -0.2) is 79.2 Å². The van der Waals surface area contributed by atoms with Gasteiger partial charge in [-0.2, -0.15) is 0 Å². The molecule has 4 rings (SSSR count). The number of likely N-dealkylation sites (tertiary alicyclic amines) is 1. The summed E-state index contributed by atoms with van der Waals surface area (Å²) in [6.45, 7) is 8.72. The second-order valence-electron chi connectivity index (χ2n) is 8.79. The summed E-state index contributed by atoms with van der Waals surface area (Å²) < 4.78 is 16.9. The van der Waals surface area contributed by atoms with Crippen LogP contribution in [0.4, 0.5) is 0 Å². The van der Waals surface area contributed by atoms with Crippen molar-refractivity contribution in [3.8, 4) is 11.5 Å². The molecule has 0 bridgehead atoms. The zero-order chi connectivity index (χ0) is 25.5. The molecule has 8 nitrogen and oxygen atoms in total. The average Bonchev–Trinajstić information content (AvgIpc) is 3.16. The number of ketones is 1. The van der Waals surface area contributed by atoms with Crippen molar-refractivity contribution in [3.63, 3.8) is 0 Å². The number of nitrogens with zero attached hydrogens (tertiary/aromatic N) is 2. The Morgan fingerprint density at radius 3 is 2.42 bits per heavy atom. The second kappa shape index (κ2) is 12.1. The Kier molecular flexibility index (Phi) is 8.61. The second-order valence-corrected chi connectivity index (χ2v) is 8.79. The molecule has 0 saturated carbocycles. The SMILES string of the molecule is CCCOc1ccc(/C(O)=C2\C(=O)C(=O)N(CCN3CCOCC3)C2c2ccccc2OCC)cc1. The summed E-state index contributed by atoms with van der Waals surface area (Å²) in [5.74, 6) is -0.267. The van der Waals surface area contributed by atoms with Crippen LogP contribution < -0.4 is 9.47 Å². The quantitative estimate of drug-likeness (QED) is 0.307. The predicted molar refractivity (Wildman–Crippen MR) is 136 cm³/mol. The van der Waals surface area contributed by atoms with Gasteiger partial charge in [-0.3, -0.25) is 14.5 Å². The van der Waals surface area contributed by atoms with Gasteiger partial charge >= 0.3 is 0 Å². The molecule has 192 valence electrons. The Bertz CT molecular complexity index is 1090. The topological polar surface area (TPSA) is 88.5 Å². The van der Waals surface area contributed by atoms with Gasteiger partial charge in [0.25, 0.3) is 11.7 Å². The number of morpholine rings is 1. The third kappa shape index (κ3) is 5.55. The molecule has 1 atom stereocenters. The first-order chi connectivity index (χ1) is 17.5. The lowest BCUT2D eigenvalue weighted by atomic mass is 9.94. The molecule has 0 aromatic heterocycles. The number of benzene rings is 2. The number of amides is 1. The zero-order valence-corrected chi connectivity index (χ0v) is 20.9. The van der Waals surface area contributed by atoms with Crippen molar-refractivity contribution >= 4 is 17.4 Å². The van der Waals surface area contributed by atoms with E-state index < -0.39 is 17.7 Å². The van der Waals surface area contributed by atoms with Crippen LogP contribution in [0.2, 0.25) is 0 Å². The number of aliphatic hydroxyl groups is 1. The minimum atomic E-state index is -0.759. The van der Waals surface area contributed by atoms with E-state index in [9.17, 15) is 14.7 Å². The lowest BCUT2D eigenvalue weighted by Gasteiger charge is -2.31. The number of Topliss-reactive ketones (excluding diaryl/α,β-unsaturated/α-hetero) is 1. The molecule has 8 heteroatoms. The molecular formula is C28H34N2O6. The average molecular weight is 495 g/mol. The highest BCUT2D eigenvalue weighted by atomic mass is 16.5. The number of hydrogen-bond acceptors (Lipinski definition) is 7. The van der Waals surface area contributed by atoms with Gasteiger partial charge in [0.1, 0.15) is 17.3 Å². The van der Waals surface area contributed by atoms with Gasteiger partial charge in [-0.1, -0.05) is 25.1 Å². The Labute approximate surface area is 212 Å². The van der Waals surface area contributed by atoms with E-state index in [-0.39, 0.29) is 11.3 Å². The third-order valence-corrected chi connectivity index (χ3v) is 6.41. The molecule has 2 heterocycles. The van der Waals surface area contributed by atoms with Gasteiger partial charge in [0, 0.05) is 37.3 Å².